The lowest BCUT2D eigenvalue weighted by Gasteiger charge is -1.88. The average Bonchev–Trinajstić information content (AvgIpc) is 2.99. The normalized spacial score (nSPS) is 14.1. The molecule has 0 aromatic carbocycles. The van der Waals surface area contributed by atoms with Crippen LogP contribution >= 0.6 is 0 Å². The van der Waals surface area contributed by atoms with Crippen molar-refractivity contribution < 1.29 is 0 Å². The summed E-state index contributed by atoms with van der Waals surface area (Å²) in [4.78, 5) is 4.06. The van der Waals surface area contributed by atoms with Crippen molar-refractivity contribution in [1.29, 1.82) is 5.26 Å². The summed E-state index contributed by atoms with van der Waals surface area (Å²) in [6.07, 6.45) is 4.05. The van der Waals surface area contributed by atoms with E-state index in [0.29, 0.717) is 17.2 Å². The van der Waals surface area contributed by atoms with Crippen molar-refractivity contribution in [2.24, 2.45) is 5.92 Å². The van der Waals surface area contributed by atoms with Gasteiger partial charge >= 0.3 is 0 Å². The topological polar surface area (TPSA) is 36.7 Å². The lowest BCUT2D eigenvalue weighted by Crippen LogP contribution is -1.83. The van der Waals surface area contributed by atoms with Crippen molar-refractivity contribution in [3.63, 3.8) is 0 Å². The summed E-state index contributed by atoms with van der Waals surface area (Å²) in [7, 11) is 0. The van der Waals surface area contributed by atoms with Crippen molar-refractivity contribution in [3.8, 4) is 17.9 Å². The van der Waals surface area contributed by atoms with Crippen molar-refractivity contribution in [3.05, 3.63) is 29.6 Å². The summed E-state index contributed by atoms with van der Waals surface area (Å²) in [5.74, 6) is 6.65. The number of hydrogen-bond acceptors (Lipinski definition) is 2. The Labute approximate surface area is 77.2 Å². The largest absolute Gasteiger partial charge is 0.248 e. The molecule has 0 bridgehead atoms. The van der Waals surface area contributed by atoms with Gasteiger partial charge in [-0.3, -0.25) is 0 Å². The minimum absolute atomic E-state index is 0.576. The zero-order valence-electron chi connectivity index (χ0n) is 7.12. The van der Waals surface area contributed by atoms with Gasteiger partial charge < -0.3 is 0 Å². The third kappa shape index (κ3) is 2.07. The van der Waals surface area contributed by atoms with E-state index in [1.54, 1.807) is 18.3 Å². The number of nitrogens with zero attached hydrogens (tertiary/aromatic N) is 2. The highest BCUT2D eigenvalue weighted by atomic mass is 14.6. The molecule has 2 nitrogen and oxygen atoms in total. The summed E-state index contributed by atoms with van der Waals surface area (Å²) in [6, 6.07) is 5.46. The second kappa shape index (κ2) is 3.29. The van der Waals surface area contributed by atoms with E-state index in [-0.39, 0.29) is 0 Å². The molecule has 1 aliphatic carbocycles. The zero-order chi connectivity index (χ0) is 9.10. The Balaban J connectivity index is 2.22. The Bertz CT molecular complexity index is 414. The van der Waals surface area contributed by atoms with E-state index >= 15 is 0 Å². The first-order valence-electron chi connectivity index (χ1n) is 4.26. The molecule has 0 saturated heterocycles. The predicted octanol–water partition coefficient (Wildman–Crippen LogP) is 1.71. The van der Waals surface area contributed by atoms with Crippen molar-refractivity contribution in [2.75, 3.05) is 0 Å². The predicted molar refractivity (Wildman–Crippen MR) is 48.6 cm³/mol. The van der Waals surface area contributed by atoms with Crippen molar-refractivity contribution >= 4 is 0 Å². The number of nitriles is 1. The molecule has 0 N–H and O–H groups in total. The molecule has 1 aliphatic rings. The first kappa shape index (κ1) is 7.83. The molecule has 1 saturated carbocycles. The summed E-state index contributed by atoms with van der Waals surface area (Å²) in [5, 5.41) is 8.63. The lowest BCUT2D eigenvalue weighted by molar-refractivity contribution is 1.17. The highest BCUT2D eigenvalue weighted by molar-refractivity contribution is 5.36. The van der Waals surface area contributed by atoms with E-state index in [1.165, 1.54) is 12.8 Å². The van der Waals surface area contributed by atoms with Crippen LogP contribution in [0, 0.1) is 29.1 Å². The molecule has 0 amide bonds. The molecule has 13 heavy (non-hydrogen) atoms. The van der Waals surface area contributed by atoms with Gasteiger partial charge in [-0.1, -0.05) is 5.92 Å². The van der Waals surface area contributed by atoms with Crippen LogP contribution in [0.5, 0.6) is 0 Å². The highest BCUT2D eigenvalue weighted by Crippen LogP contribution is 2.27. The van der Waals surface area contributed by atoms with E-state index in [9.17, 15) is 0 Å². The maximum absolute atomic E-state index is 8.63. The first-order valence-corrected chi connectivity index (χ1v) is 4.26. The maximum Gasteiger partial charge on any atom is 0.114 e. The monoisotopic (exact) mass is 168 g/mol. The Morgan fingerprint density at radius 3 is 3.00 bits per heavy atom. The molecular weight excluding hydrogens is 160 g/mol. The van der Waals surface area contributed by atoms with Gasteiger partial charge in [-0.05, 0) is 30.9 Å². The van der Waals surface area contributed by atoms with E-state index in [1.807, 2.05) is 0 Å². The smallest absolute Gasteiger partial charge is 0.114 e. The van der Waals surface area contributed by atoms with E-state index in [4.69, 9.17) is 5.26 Å². The second-order valence-corrected chi connectivity index (χ2v) is 3.09. The van der Waals surface area contributed by atoms with Gasteiger partial charge in [-0.2, -0.15) is 5.26 Å². The van der Waals surface area contributed by atoms with Crippen LogP contribution < -0.4 is 0 Å². The molecule has 1 heterocycles. The first-order chi connectivity index (χ1) is 6.38. The fraction of sp³-hybridized carbons (Fsp3) is 0.273. The number of pyridine rings is 1. The summed E-state index contributed by atoms with van der Waals surface area (Å²) in [6.45, 7) is 0. The number of aromatic nitrogens is 1. The Kier molecular flexibility index (Phi) is 1.98. The van der Waals surface area contributed by atoms with Gasteiger partial charge in [-0.25, -0.2) is 4.98 Å². The molecule has 0 atom stereocenters. The van der Waals surface area contributed by atoms with E-state index < -0.39 is 0 Å². The minimum Gasteiger partial charge on any atom is -0.248 e. The fourth-order valence-corrected chi connectivity index (χ4v) is 0.972. The molecular formula is C11H8N2. The molecule has 0 aliphatic heterocycles. The van der Waals surface area contributed by atoms with Crippen LogP contribution in [0.1, 0.15) is 24.1 Å². The SMILES string of the molecule is N#Cc1ccnc(C#CC2CC2)c1. The van der Waals surface area contributed by atoms with Gasteiger partial charge in [0.2, 0.25) is 0 Å². The molecule has 0 unspecified atom stereocenters. The highest BCUT2D eigenvalue weighted by Gasteiger charge is 2.17. The van der Waals surface area contributed by atoms with E-state index in [0.717, 1.165) is 0 Å². The number of rotatable bonds is 0. The molecule has 2 rings (SSSR count). The molecule has 1 aromatic heterocycles. The van der Waals surface area contributed by atoms with Crippen LogP contribution in [0.25, 0.3) is 0 Å². The maximum atomic E-state index is 8.63. The van der Waals surface area contributed by atoms with Crippen LogP contribution in [0.15, 0.2) is 18.3 Å². The second-order valence-electron chi connectivity index (χ2n) is 3.09. The van der Waals surface area contributed by atoms with Gasteiger partial charge in [0.15, 0.2) is 0 Å². The Hall–Kier alpha value is -1.80. The van der Waals surface area contributed by atoms with Gasteiger partial charge in [0.05, 0.1) is 11.6 Å². The molecule has 2 heteroatoms. The Morgan fingerprint density at radius 2 is 2.31 bits per heavy atom. The van der Waals surface area contributed by atoms with Crippen molar-refractivity contribution in [2.45, 2.75) is 12.8 Å². The van der Waals surface area contributed by atoms with Crippen molar-refractivity contribution in [1.82, 2.24) is 4.98 Å². The average molecular weight is 168 g/mol. The van der Waals surface area contributed by atoms with Crippen LogP contribution in [0.2, 0.25) is 0 Å². The third-order valence-electron chi connectivity index (χ3n) is 1.87. The van der Waals surface area contributed by atoms with Crippen LogP contribution in [0.3, 0.4) is 0 Å². The Morgan fingerprint density at radius 1 is 1.46 bits per heavy atom. The molecule has 1 aromatic rings. The fourth-order valence-electron chi connectivity index (χ4n) is 0.972. The van der Waals surface area contributed by atoms with Crippen LogP contribution in [-0.4, -0.2) is 4.98 Å². The quantitative estimate of drug-likeness (QED) is 0.553. The molecule has 62 valence electrons. The minimum atomic E-state index is 0.576. The molecule has 0 spiro atoms. The molecule has 0 radical (unpaired) electrons. The van der Waals surface area contributed by atoms with E-state index in [2.05, 4.69) is 22.9 Å². The van der Waals surface area contributed by atoms with Gasteiger partial charge in [0.1, 0.15) is 5.69 Å². The number of hydrogen-bond donors (Lipinski definition) is 0. The lowest BCUT2D eigenvalue weighted by atomic mass is 10.2. The summed E-state index contributed by atoms with van der Waals surface area (Å²) >= 11 is 0. The summed E-state index contributed by atoms with van der Waals surface area (Å²) in [5.41, 5.74) is 1.32. The van der Waals surface area contributed by atoms with Gasteiger partial charge in [0.25, 0.3) is 0 Å². The van der Waals surface area contributed by atoms with Crippen LogP contribution in [0.4, 0.5) is 0 Å². The van der Waals surface area contributed by atoms with Gasteiger partial charge in [0, 0.05) is 12.1 Å². The summed E-state index contributed by atoms with van der Waals surface area (Å²) < 4.78 is 0. The molecule has 1 fully saturated rings. The third-order valence-corrected chi connectivity index (χ3v) is 1.87. The van der Waals surface area contributed by atoms with Crippen LogP contribution in [-0.2, 0) is 0 Å². The zero-order valence-corrected chi connectivity index (χ0v) is 7.12. The standard InChI is InChI=1S/C11H8N2/c12-8-10-5-6-13-11(7-10)4-3-9-1-2-9/h5-7,9H,1-2H2. The van der Waals surface area contributed by atoms with Gasteiger partial charge in [-0.15, -0.1) is 0 Å².